The van der Waals surface area contributed by atoms with Crippen molar-refractivity contribution in [2.45, 2.75) is 30.8 Å². The van der Waals surface area contributed by atoms with Crippen molar-refractivity contribution in [2.24, 2.45) is 13.0 Å². The molecule has 1 saturated heterocycles. The minimum atomic E-state index is -3.37. The third-order valence-electron chi connectivity index (χ3n) is 6.90. The van der Waals surface area contributed by atoms with Gasteiger partial charge in [0, 0.05) is 50.6 Å². The lowest BCUT2D eigenvalue weighted by atomic mass is 10.1. The molecule has 0 radical (unpaired) electrons. The fourth-order valence-corrected chi connectivity index (χ4v) is 8.87. The number of anilines is 1. The maximum atomic E-state index is 13.3. The van der Waals surface area contributed by atoms with E-state index in [9.17, 15) is 8.42 Å². The van der Waals surface area contributed by atoms with Crippen LogP contribution in [0.5, 0.6) is 0 Å². The zero-order valence-electron chi connectivity index (χ0n) is 20.4. The lowest BCUT2D eigenvalue weighted by Crippen LogP contribution is -2.36. The van der Waals surface area contributed by atoms with Crippen molar-refractivity contribution in [3.8, 4) is 11.3 Å². The normalized spacial score (nSPS) is 23.3. The van der Waals surface area contributed by atoms with Crippen molar-refractivity contribution in [2.75, 3.05) is 31.5 Å². The number of fused-ring (bicyclic) bond motifs is 1. The molecule has 190 valence electrons. The summed E-state index contributed by atoms with van der Waals surface area (Å²) in [5, 5.41) is 12.0. The van der Waals surface area contributed by atoms with E-state index in [1.807, 2.05) is 49.2 Å². The highest BCUT2D eigenvalue weighted by Crippen LogP contribution is 2.42. The van der Waals surface area contributed by atoms with Gasteiger partial charge in [-0.15, -0.1) is 0 Å². The number of imidazole rings is 1. The van der Waals surface area contributed by atoms with Gasteiger partial charge in [-0.05, 0) is 37.5 Å². The molecule has 6 rings (SSSR count). The third kappa shape index (κ3) is 4.25. The predicted molar refractivity (Wildman–Crippen MR) is 143 cm³/mol. The molecule has 0 saturated carbocycles. The van der Waals surface area contributed by atoms with Gasteiger partial charge in [-0.3, -0.25) is 9.08 Å². The van der Waals surface area contributed by atoms with Crippen LogP contribution in [0.25, 0.3) is 22.5 Å². The number of nitrogens with zero attached hydrogens (tertiary/aromatic N) is 6. The maximum absolute atomic E-state index is 13.3. The van der Waals surface area contributed by atoms with E-state index in [4.69, 9.17) is 4.98 Å². The molecule has 3 aromatic rings. The Bertz CT molecular complexity index is 1470. The summed E-state index contributed by atoms with van der Waals surface area (Å²) < 4.78 is 31.5. The van der Waals surface area contributed by atoms with E-state index in [-0.39, 0.29) is 5.92 Å². The first-order chi connectivity index (χ1) is 17.4. The third-order valence-corrected chi connectivity index (χ3v) is 11.2. The van der Waals surface area contributed by atoms with E-state index >= 15 is 0 Å². The average molecular weight is 527 g/mol. The van der Waals surface area contributed by atoms with Crippen molar-refractivity contribution in [1.29, 1.82) is 0 Å². The topological polar surface area (TPSA) is 109 Å². The highest BCUT2D eigenvalue weighted by atomic mass is 32.3. The lowest BCUT2D eigenvalue weighted by Gasteiger charge is -2.23. The second-order valence-corrected chi connectivity index (χ2v) is 13.1. The van der Waals surface area contributed by atoms with Crippen molar-refractivity contribution in [3.63, 3.8) is 0 Å². The molecule has 10 nitrogen and oxygen atoms in total. The molecule has 0 amide bonds. The maximum Gasteiger partial charge on any atom is 0.227 e. The van der Waals surface area contributed by atoms with Crippen LogP contribution in [0.4, 0.5) is 5.82 Å². The molecule has 36 heavy (non-hydrogen) atoms. The molecule has 0 spiro atoms. The van der Waals surface area contributed by atoms with E-state index in [1.54, 1.807) is 8.99 Å². The molecular formula is C24H30N8O2S2. The van der Waals surface area contributed by atoms with Crippen LogP contribution in [0.2, 0.25) is 0 Å². The van der Waals surface area contributed by atoms with Crippen LogP contribution in [0.15, 0.2) is 42.0 Å². The Morgan fingerprint density at radius 3 is 2.75 bits per heavy atom. The van der Waals surface area contributed by atoms with Crippen LogP contribution < -0.4 is 10.6 Å². The van der Waals surface area contributed by atoms with Gasteiger partial charge in [0.1, 0.15) is 4.58 Å². The number of hydrogen-bond donors (Lipinski definition) is 2. The van der Waals surface area contributed by atoms with Gasteiger partial charge in [-0.1, -0.05) is 24.8 Å². The Morgan fingerprint density at radius 1 is 1.19 bits per heavy atom. The van der Waals surface area contributed by atoms with Crippen LogP contribution in [0.3, 0.4) is 0 Å². The first kappa shape index (κ1) is 23.7. The molecule has 3 aliphatic heterocycles. The molecule has 0 aliphatic carbocycles. The summed E-state index contributed by atoms with van der Waals surface area (Å²) in [6.45, 7) is 4.91. The monoisotopic (exact) mass is 526 g/mol. The van der Waals surface area contributed by atoms with Crippen LogP contribution >= 0.6 is 11.8 Å². The van der Waals surface area contributed by atoms with Gasteiger partial charge < -0.3 is 10.6 Å². The second-order valence-electron chi connectivity index (χ2n) is 9.56. The summed E-state index contributed by atoms with van der Waals surface area (Å²) in [7, 11) is -1.48. The molecule has 1 fully saturated rings. The molecule has 2 unspecified atom stereocenters. The molecule has 6 heterocycles. The number of sulfonamides is 1. The zero-order chi connectivity index (χ0) is 24.9. The fourth-order valence-electron chi connectivity index (χ4n) is 5.03. The summed E-state index contributed by atoms with van der Waals surface area (Å²) in [6, 6.07) is 0. The number of aryl methyl sites for hydroxylation is 1. The first-order valence-corrected chi connectivity index (χ1v) is 14.7. The van der Waals surface area contributed by atoms with Crippen LogP contribution in [-0.4, -0.2) is 67.6 Å². The van der Waals surface area contributed by atoms with Gasteiger partial charge in [0.05, 0.1) is 28.8 Å². The molecule has 2 N–H and O–H groups in total. The van der Waals surface area contributed by atoms with Crippen LogP contribution in [-0.2, 0) is 17.1 Å². The quantitative estimate of drug-likeness (QED) is 0.505. The lowest BCUT2D eigenvalue weighted by molar-refractivity contribution is 0.469. The van der Waals surface area contributed by atoms with Gasteiger partial charge in [0.15, 0.2) is 11.5 Å². The molecule has 2 atom stereocenters. The number of aromatic nitrogens is 5. The molecule has 0 aromatic carbocycles. The Labute approximate surface area is 214 Å². The van der Waals surface area contributed by atoms with Crippen molar-refractivity contribution in [1.82, 2.24) is 33.8 Å². The van der Waals surface area contributed by atoms with Gasteiger partial charge in [0.2, 0.25) is 10.0 Å². The van der Waals surface area contributed by atoms with E-state index in [0.717, 1.165) is 59.9 Å². The summed E-state index contributed by atoms with van der Waals surface area (Å²) in [5.74, 6) is 0.498. The standard InChI is InChI=1S/C24H30N8O2S2/c1-16-10-21(35-24(16)36(33,34)31-8-3-4-9-31)29-22-23-26-13-20(18-12-27-30(2)14-18)32(23)15-19(28-22)17-6-5-7-25-11-17/h6,10,12-16,24-25H,3-5,7-9,11H2,1-2H3,(H,28,29). The van der Waals surface area contributed by atoms with E-state index in [0.29, 0.717) is 24.6 Å². The average Bonchev–Trinajstić information content (AvgIpc) is 3.67. The Morgan fingerprint density at radius 2 is 2.03 bits per heavy atom. The Kier molecular flexibility index (Phi) is 6.14. The molecule has 3 aliphatic rings. The fraction of sp³-hybridized carbons (Fsp3) is 0.458. The molecule has 12 heteroatoms. The van der Waals surface area contributed by atoms with Crippen LogP contribution in [0.1, 0.15) is 31.9 Å². The second kappa shape index (κ2) is 9.33. The minimum absolute atomic E-state index is 0.113. The Balaban J connectivity index is 1.36. The van der Waals surface area contributed by atoms with Crippen molar-refractivity contribution >= 4 is 38.8 Å². The highest BCUT2D eigenvalue weighted by molar-refractivity contribution is 8.15. The van der Waals surface area contributed by atoms with E-state index in [1.165, 1.54) is 11.8 Å². The number of allylic oxidation sites excluding steroid dienone is 1. The smallest absolute Gasteiger partial charge is 0.227 e. The first-order valence-electron chi connectivity index (χ1n) is 12.3. The van der Waals surface area contributed by atoms with Gasteiger partial charge in [0.25, 0.3) is 0 Å². The summed E-state index contributed by atoms with van der Waals surface area (Å²) >= 11 is 1.37. The Hall–Kier alpha value is -2.67. The highest BCUT2D eigenvalue weighted by Gasteiger charge is 2.41. The number of thioether (sulfide) groups is 1. The number of hydrogen-bond acceptors (Lipinski definition) is 8. The molecular weight excluding hydrogens is 496 g/mol. The largest absolute Gasteiger partial charge is 0.332 e. The molecule has 3 aromatic heterocycles. The minimum Gasteiger partial charge on any atom is -0.332 e. The van der Waals surface area contributed by atoms with Crippen molar-refractivity contribution in [3.05, 3.63) is 47.7 Å². The van der Waals surface area contributed by atoms with Gasteiger partial charge >= 0.3 is 0 Å². The summed E-state index contributed by atoms with van der Waals surface area (Å²) in [6.07, 6.45) is 14.7. The SMILES string of the molecule is CC1C=C(Nc2nc(C3=CCCNC3)cn3c(-c4cnn(C)c4)cnc23)SC1S(=O)(=O)N1CCCC1. The van der Waals surface area contributed by atoms with E-state index in [2.05, 4.69) is 26.8 Å². The van der Waals surface area contributed by atoms with Crippen LogP contribution in [0, 0.1) is 5.92 Å². The predicted octanol–water partition coefficient (Wildman–Crippen LogP) is 2.89. The summed E-state index contributed by atoms with van der Waals surface area (Å²) in [5.41, 5.74) is 4.56. The number of nitrogens with one attached hydrogen (secondary N) is 2. The molecule has 0 bridgehead atoms. The summed E-state index contributed by atoms with van der Waals surface area (Å²) in [4.78, 5) is 9.64. The van der Waals surface area contributed by atoms with Crippen molar-refractivity contribution < 1.29 is 8.42 Å². The van der Waals surface area contributed by atoms with Gasteiger partial charge in [-0.25, -0.2) is 22.7 Å². The van der Waals surface area contributed by atoms with E-state index < -0.39 is 14.6 Å². The van der Waals surface area contributed by atoms with Gasteiger partial charge in [-0.2, -0.15) is 5.10 Å². The number of rotatable bonds is 6. The zero-order valence-corrected chi connectivity index (χ0v) is 22.0.